The van der Waals surface area contributed by atoms with E-state index in [1.54, 1.807) is 32.5 Å². The number of sulfonamides is 1. The molecule has 0 aliphatic carbocycles. The fraction of sp³-hybridized carbons (Fsp3) is 0.500. The zero-order chi connectivity index (χ0) is 15.7. The number of hydrogen-bond acceptors (Lipinski definition) is 5. The number of H-pyrrole nitrogens is 1. The molecule has 0 amide bonds. The van der Waals surface area contributed by atoms with E-state index in [0.717, 1.165) is 0 Å². The molecule has 1 N–H and O–H groups in total. The van der Waals surface area contributed by atoms with Crippen LogP contribution in [0.2, 0.25) is 0 Å². The van der Waals surface area contributed by atoms with E-state index in [4.69, 9.17) is 9.47 Å². The lowest BCUT2D eigenvalue weighted by molar-refractivity contribution is 0.110. The van der Waals surface area contributed by atoms with Crippen molar-refractivity contribution >= 4 is 21.1 Å². The van der Waals surface area contributed by atoms with E-state index in [0.29, 0.717) is 30.6 Å². The number of pyridine rings is 1. The zero-order valence-electron chi connectivity index (χ0n) is 12.5. The highest BCUT2D eigenvalue weighted by molar-refractivity contribution is 7.89. The number of rotatable bonds is 5. The number of aromatic amines is 1. The van der Waals surface area contributed by atoms with Crippen LogP contribution < -0.4 is 0 Å². The summed E-state index contributed by atoms with van der Waals surface area (Å²) in [5, 5.41) is 0.597. The molecule has 120 valence electrons. The summed E-state index contributed by atoms with van der Waals surface area (Å²) in [6, 6.07) is 3.26. The first-order chi connectivity index (χ1) is 10.6. The predicted octanol–water partition coefficient (Wildman–Crippen LogP) is 0.987. The van der Waals surface area contributed by atoms with Crippen LogP contribution in [0.1, 0.15) is 6.42 Å². The molecule has 3 rings (SSSR count). The van der Waals surface area contributed by atoms with Crippen LogP contribution in [0.3, 0.4) is 0 Å². The molecular weight excluding hydrogens is 306 g/mol. The average Bonchev–Trinajstić information content (AvgIpc) is 3.11. The molecule has 3 heterocycles. The molecule has 0 bridgehead atoms. The van der Waals surface area contributed by atoms with Gasteiger partial charge in [0.2, 0.25) is 10.0 Å². The third-order valence-electron chi connectivity index (χ3n) is 4.02. The third-order valence-corrected chi connectivity index (χ3v) is 5.98. The maximum Gasteiger partial charge on any atom is 0.245 e. The van der Waals surface area contributed by atoms with E-state index in [1.807, 2.05) is 0 Å². The lowest BCUT2D eigenvalue weighted by atomic mass is 10.2. The molecule has 1 aliphatic heterocycles. The largest absolute Gasteiger partial charge is 0.383 e. The van der Waals surface area contributed by atoms with Gasteiger partial charge < -0.3 is 14.5 Å². The number of fused-ring (bicyclic) bond motifs is 1. The molecule has 0 aromatic carbocycles. The summed E-state index contributed by atoms with van der Waals surface area (Å²) < 4.78 is 38.0. The van der Waals surface area contributed by atoms with Crippen molar-refractivity contribution in [3.8, 4) is 0 Å². The van der Waals surface area contributed by atoms with Crippen LogP contribution in [0.5, 0.6) is 0 Å². The smallest absolute Gasteiger partial charge is 0.245 e. The summed E-state index contributed by atoms with van der Waals surface area (Å²) in [7, 11) is -0.467. The van der Waals surface area contributed by atoms with Gasteiger partial charge in [0.1, 0.15) is 10.5 Å². The maximum atomic E-state index is 13.0. The number of aromatic nitrogens is 2. The van der Waals surface area contributed by atoms with Crippen LogP contribution in [-0.2, 0) is 19.5 Å². The van der Waals surface area contributed by atoms with Crippen molar-refractivity contribution in [3.05, 3.63) is 24.5 Å². The van der Waals surface area contributed by atoms with Gasteiger partial charge in [-0.2, -0.15) is 4.31 Å². The molecular formula is C14H19N3O4S. The highest BCUT2D eigenvalue weighted by Gasteiger charge is 2.41. The van der Waals surface area contributed by atoms with E-state index in [9.17, 15) is 8.42 Å². The Morgan fingerprint density at radius 2 is 2.27 bits per heavy atom. The van der Waals surface area contributed by atoms with Gasteiger partial charge in [-0.25, -0.2) is 13.4 Å². The molecule has 8 heteroatoms. The second-order valence-corrected chi connectivity index (χ2v) is 7.19. The summed E-state index contributed by atoms with van der Waals surface area (Å²) in [6.07, 6.45) is 3.64. The number of nitrogens with one attached hydrogen (secondary N) is 1. The van der Waals surface area contributed by atoms with Gasteiger partial charge in [-0.3, -0.25) is 0 Å². The van der Waals surface area contributed by atoms with Crippen LogP contribution >= 0.6 is 0 Å². The molecule has 0 unspecified atom stereocenters. The minimum atomic E-state index is -3.63. The fourth-order valence-electron chi connectivity index (χ4n) is 2.92. The van der Waals surface area contributed by atoms with Crippen molar-refractivity contribution in [2.24, 2.45) is 0 Å². The summed E-state index contributed by atoms with van der Waals surface area (Å²) >= 11 is 0. The van der Waals surface area contributed by atoms with E-state index in [2.05, 4.69) is 9.97 Å². The highest BCUT2D eigenvalue weighted by atomic mass is 32.2. The Bertz CT molecular complexity index is 758. The first-order valence-electron chi connectivity index (χ1n) is 7.03. The van der Waals surface area contributed by atoms with Crippen LogP contribution in [-0.4, -0.2) is 62.2 Å². The minimum Gasteiger partial charge on any atom is -0.383 e. The average molecular weight is 325 g/mol. The first kappa shape index (κ1) is 15.4. The van der Waals surface area contributed by atoms with Gasteiger partial charge >= 0.3 is 0 Å². The minimum absolute atomic E-state index is 0.113. The quantitative estimate of drug-likeness (QED) is 0.886. The van der Waals surface area contributed by atoms with Gasteiger partial charge in [-0.05, 0) is 18.6 Å². The van der Waals surface area contributed by atoms with Crippen molar-refractivity contribution in [2.75, 3.05) is 27.4 Å². The molecule has 22 heavy (non-hydrogen) atoms. The Balaban J connectivity index is 2.01. The van der Waals surface area contributed by atoms with E-state index < -0.39 is 10.0 Å². The molecule has 0 spiro atoms. The lowest BCUT2D eigenvalue weighted by Gasteiger charge is -2.22. The monoisotopic (exact) mass is 325 g/mol. The molecule has 1 aliphatic rings. The molecule has 2 aromatic rings. The van der Waals surface area contributed by atoms with Crippen LogP contribution in [0.15, 0.2) is 29.4 Å². The van der Waals surface area contributed by atoms with Crippen LogP contribution in [0, 0.1) is 0 Å². The first-order valence-corrected chi connectivity index (χ1v) is 8.47. The van der Waals surface area contributed by atoms with Crippen molar-refractivity contribution in [2.45, 2.75) is 23.5 Å². The summed E-state index contributed by atoms with van der Waals surface area (Å²) in [6.45, 7) is 0.680. The molecule has 0 radical (unpaired) electrons. The summed E-state index contributed by atoms with van der Waals surface area (Å²) in [5.41, 5.74) is 0.562. The van der Waals surface area contributed by atoms with Gasteiger partial charge in [0.05, 0.1) is 18.8 Å². The van der Waals surface area contributed by atoms with Crippen molar-refractivity contribution in [1.82, 2.24) is 14.3 Å². The zero-order valence-corrected chi connectivity index (χ0v) is 13.3. The van der Waals surface area contributed by atoms with E-state index >= 15 is 0 Å². The summed E-state index contributed by atoms with van der Waals surface area (Å²) in [4.78, 5) is 7.29. The van der Waals surface area contributed by atoms with Crippen molar-refractivity contribution in [1.29, 1.82) is 0 Å². The van der Waals surface area contributed by atoms with Crippen molar-refractivity contribution in [3.63, 3.8) is 0 Å². The predicted molar refractivity (Wildman–Crippen MR) is 81.1 cm³/mol. The van der Waals surface area contributed by atoms with Crippen molar-refractivity contribution < 1.29 is 17.9 Å². The second-order valence-electron chi connectivity index (χ2n) is 5.33. The molecule has 1 saturated heterocycles. The SMILES string of the molecule is COC[C@@H]1C[C@@H](OC)CN1S(=O)(=O)c1c[nH]c2ncccc12. The van der Waals surface area contributed by atoms with E-state index in [1.165, 1.54) is 10.5 Å². The number of nitrogens with zero attached hydrogens (tertiary/aromatic N) is 2. The van der Waals surface area contributed by atoms with Gasteiger partial charge in [0.25, 0.3) is 0 Å². The Morgan fingerprint density at radius 3 is 3.00 bits per heavy atom. The third kappa shape index (κ3) is 2.52. The number of hydrogen-bond donors (Lipinski definition) is 1. The van der Waals surface area contributed by atoms with Gasteiger partial charge in [-0.1, -0.05) is 0 Å². The number of ether oxygens (including phenoxy) is 2. The maximum absolute atomic E-state index is 13.0. The molecule has 7 nitrogen and oxygen atoms in total. The Morgan fingerprint density at radius 1 is 1.45 bits per heavy atom. The van der Waals surface area contributed by atoms with Crippen LogP contribution in [0.4, 0.5) is 0 Å². The topological polar surface area (TPSA) is 84.5 Å². The molecule has 2 atom stereocenters. The second kappa shape index (κ2) is 5.96. The Kier molecular flexibility index (Phi) is 4.18. The van der Waals surface area contributed by atoms with Gasteiger partial charge in [0.15, 0.2) is 0 Å². The van der Waals surface area contributed by atoms with Gasteiger partial charge in [-0.15, -0.1) is 0 Å². The Hall–Kier alpha value is -1.48. The number of methoxy groups -OCH3 is 2. The molecule has 1 fully saturated rings. The van der Waals surface area contributed by atoms with Crippen LogP contribution in [0.25, 0.3) is 11.0 Å². The standard InChI is InChI=1S/C14H19N3O4S/c1-20-9-10-6-11(21-2)8-17(10)22(18,19)13-7-16-14-12(13)4-3-5-15-14/h3-5,7,10-11H,6,8-9H2,1-2H3,(H,15,16)/t10-,11+/m0/s1. The lowest BCUT2D eigenvalue weighted by Crippen LogP contribution is -2.38. The summed E-state index contributed by atoms with van der Waals surface area (Å²) in [5.74, 6) is 0. The fourth-order valence-corrected chi connectivity index (χ4v) is 4.73. The molecule has 0 saturated carbocycles. The van der Waals surface area contributed by atoms with E-state index in [-0.39, 0.29) is 17.0 Å². The molecule has 2 aromatic heterocycles. The Labute approximate surface area is 129 Å². The highest BCUT2D eigenvalue weighted by Crippen LogP contribution is 2.31. The normalized spacial score (nSPS) is 23.4. The van der Waals surface area contributed by atoms with Gasteiger partial charge in [0, 0.05) is 38.5 Å².